The van der Waals surface area contributed by atoms with Crippen LogP contribution < -0.4 is 4.74 Å². The lowest BCUT2D eigenvalue weighted by Crippen LogP contribution is -2.44. The van der Waals surface area contributed by atoms with E-state index in [0.29, 0.717) is 12.3 Å². The zero-order valence-electron chi connectivity index (χ0n) is 9.77. The fourth-order valence-electron chi connectivity index (χ4n) is 1.92. The van der Waals surface area contributed by atoms with Crippen molar-refractivity contribution in [1.82, 2.24) is 15.1 Å². The zero-order chi connectivity index (χ0) is 12.1. The van der Waals surface area contributed by atoms with Gasteiger partial charge in [-0.15, -0.1) is 5.92 Å². The molecule has 0 radical (unpaired) electrons. The van der Waals surface area contributed by atoms with E-state index in [-0.39, 0.29) is 12.1 Å². The molecule has 0 bridgehead atoms. The molecule has 90 valence electrons. The second kappa shape index (κ2) is 5.39. The van der Waals surface area contributed by atoms with Crippen molar-refractivity contribution < 1.29 is 9.53 Å². The maximum atomic E-state index is 11.9. The molecule has 5 nitrogen and oxygen atoms in total. The first-order chi connectivity index (χ1) is 8.31. The Balaban J connectivity index is 2.02. The van der Waals surface area contributed by atoms with Gasteiger partial charge in [0.25, 0.3) is 0 Å². The molecule has 1 amide bonds. The molecule has 1 unspecified atom stereocenters. The van der Waals surface area contributed by atoms with Crippen LogP contribution in [-0.2, 0) is 0 Å². The van der Waals surface area contributed by atoms with Gasteiger partial charge in [-0.3, -0.25) is 10.00 Å². The van der Waals surface area contributed by atoms with Gasteiger partial charge in [-0.25, -0.2) is 4.79 Å². The Labute approximate surface area is 100 Å². The van der Waals surface area contributed by atoms with Crippen molar-refractivity contribution in [3.8, 4) is 17.6 Å². The second-order valence-corrected chi connectivity index (χ2v) is 3.90. The van der Waals surface area contributed by atoms with Crippen molar-refractivity contribution >= 4 is 6.09 Å². The van der Waals surface area contributed by atoms with Gasteiger partial charge in [-0.1, -0.05) is 5.92 Å². The number of amides is 1. The Bertz CT molecular complexity index is 430. The Morgan fingerprint density at radius 1 is 1.65 bits per heavy atom. The lowest BCUT2D eigenvalue weighted by atomic mass is 10.0. The smallest absolute Gasteiger partial charge is 0.407 e. The summed E-state index contributed by atoms with van der Waals surface area (Å²) in [5.41, 5.74) is 0. The molecule has 1 fully saturated rings. The highest BCUT2D eigenvalue weighted by Crippen LogP contribution is 2.18. The van der Waals surface area contributed by atoms with E-state index in [1.807, 2.05) is 0 Å². The normalized spacial score (nSPS) is 19.4. The fraction of sp³-hybridized carbons (Fsp3) is 0.500. The van der Waals surface area contributed by atoms with Crippen LogP contribution in [0.3, 0.4) is 0 Å². The van der Waals surface area contributed by atoms with Crippen molar-refractivity contribution in [1.29, 1.82) is 0 Å². The van der Waals surface area contributed by atoms with E-state index < -0.39 is 0 Å². The van der Waals surface area contributed by atoms with E-state index in [4.69, 9.17) is 4.74 Å². The first kappa shape index (κ1) is 11.5. The van der Waals surface area contributed by atoms with E-state index in [1.165, 1.54) is 6.20 Å². The van der Waals surface area contributed by atoms with Crippen LogP contribution in [0.5, 0.6) is 5.75 Å². The molecule has 1 saturated heterocycles. The highest BCUT2D eigenvalue weighted by atomic mass is 16.6. The predicted molar refractivity (Wildman–Crippen MR) is 62.4 cm³/mol. The molecule has 0 aromatic carbocycles. The van der Waals surface area contributed by atoms with E-state index >= 15 is 0 Å². The van der Waals surface area contributed by atoms with Crippen LogP contribution in [0, 0.1) is 11.8 Å². The summed E-state index contributed by atoms with van der Waals surface area (Å²) in [5, 5.41) is 6.33. The lowest BCUT2D eigenvalue weighted by molar-refractivity contribution is 0.128. The van der Waals surface area contributed by atoms with Crippen molar-refractivity contribution in [3.63, 3.8) is 0 Å². The number of ether oxygens (including phenoxy) is 1. The minimum atomic E-state index is -0.348. The molecule has 2 heterocycles. The average molecular weight is 233 g/mol. The number of hydrogen-bond donors (Lipinski definition) is 1. The molecule has 0 spiro atoms. The molecule has 2 rings (SSSR count). The summed E-state index contributed by atoms with van der Waals surface area (Å²) in [6.07, 6.45) is 5.70. The van der Waals surface area contributed by atoms with E-state index in [0.717, 1.165) is 19.3 Å². The first-order valence-corrected chi connectivity index (χ1v) is 5.71. The molecule has 1 aromatic heterocycles. The van der Waals surface area contributed by atoms with Crippen LogP contribution in [0.1, 0.15) is 26.2 Å². The van der Waals surface area contributed by atoms with Crippen molar-refractivity contribution in [3.05, 3.63) is 12.4 Å². The largest absolute Gasteiger partial charge is 0.416 e. The van der Waals surface area contributed by atoms with Crippen LogP contribution in [0.4, 0.5) is 4.79 Å². The average Bonchev–Trinajstić information content (AvgIpc) is 2.83. The highest BCUT2D eigenvalue weighted by molar-refractivity contribution is 5.71. The quantitative estimate of drug-likeness (QED) is 0.752. The topological polar surface area (TPSA) is 58.2 Å². The first-order valence-electron chi connectivity index (χ1n) is 5.71. The van der Waals surface area contributed by atoms with Gasteiger partial charge in [0.1, 0.15) is 0 Å². The predicted octanol–water partition coefficient (Wildman–Crippen LogP) is 1.79. The molecule has 1 aromatic rings. The monoisotopic (exact) mass is 233 g/mol. The molecule has 5 heteroatoms. The zero-order valence-corrected chi connectivity index (χ0v) is 9.77. The summed E-state index contributed by atoms with van der Waals surface area (Å²) >= 11 is 0. The van der Waals surface area contributed by atoms with E-state index in [1.54, 1.807) is 18.0 Å². The molecule has 1 aliphatic heterocycles. The van der Waals surface area contributed by atoms with Crippen molar-refractivity contribution in [2.24, 2.45) is 0 Å². The van der Waals surface area contributed by atoms with E-state index in [9.17, 15) is 4.79 Å². The number of aromatic amines is 1. The summed E-state index contributed by atoms with van der Waals surface area (Å²) in [5.74, 6) is 6.34. The van der Waals surface area contributed by atoms with Crippen LogP contribution in [0.15, 0.2) is 12.4 Å². The molecule has 1 atom stereocenters. The minimum absolute atomic E-state index is 0.0202. The Morgan fingerprint density at radius 2 is 2.53 bits per heavy atom. The van der Waals surface area contributed by atoms with Crippen molar-refractivity contribution in [2.45, 2.75) is 32.2 Å². The number of carbonyl (C=O) groups excluding carboxylic acids is 1. The number of hydrogen-bond acceptors (Lipinski definition) is 3. The van der Waals surface area contributed by atoms with Crippen LogP contribution >= 0.6 is 0 Å². The minimum Gasteiger partial charge on any atom is -0.407 e. The molecule has 1 aliphatic rings. The Morgan fingerprint density at radius 3 is 3.24 bits per heavy atom. The second-order valence-electron chi connectivity index (χ2n) is 3.90. The molecular formula is C12H15N3O2. The number of likely N-dealkylation sites (tertiary alicyclic amines) is 1. The highest BCUT2D eigenvalue weighted by Gasteiger charge is 2.26. The third-order valence-corrected chi connectivity index (χ3v) is 2.73. The third kappa shape index (κ3) is 2.78. The summed E-state index contributed by atoms with van der Waals surface area (Å²) < 4.78 is 5.20. The van der Waals surface area contributed by atoms with Crippen LogP contribution in [0.2, 0.25) is 0 Å². The SMILES string of the molecule is CC#CC1CCCCN1C(=O)Oc1cn[nH]c1. The number of carbonyl (C=O) groups is 1. The maximum Gasteiger partial charge on any atom is 0.416 e. The maximum absolute atomic E-state index is 11.9. The number of rotatable bonds is 1. The van der Waals surface area contributed by atoms with Gasteiger partial charge in [0.2, 0.25) is 0 Å². The summed E-state index contributed by atoms with van der Waals surface area (Å²) in [4.78, 5) is 13.6. The van der Waals surface area contributed by atoms with Gasteiger partial charge in [0.05, 0.1) is 18.4 Å². The standard InChI is InChI=1S/C12H15N3O2/c1-2-5-10-6-3-4-7-15(10)12(16)17-11-8-13-14-9-11/h8-10H,3-4,6-7H2,1H3,(H,13,14). The molecule has 0 aliphatic carbocycles. The molecule has 17 heavy (non-hydrogen) atoms. The summed E-state index contributed by atoms with van der Waals surface area (Å²) in [7, 11) is 0. The number of aromatic nitrogens is 2. The third-order valence-electron chi connectivity index (χ3n) is 2.73. The van der Waals surface area contributed by atoms with Gasteiger partial charge < -0.3 is 4.74 Å². The number of nitrogens with zero attached hydrogens (tertiary/aromatic N) is 2. The molecular weight excluding hydrogens is 218 g/mol. The number of nitrogens with one attached hydrogen (secondary N) is 1. The fourth-order valence-corrected chi connectivity index (χ4v) is 1.92. The van der Waals surface area contributed by atoms with Gasteiger partial charge in [-0.2, -0.15) is 5.10 Å². The molecule has 0 saturated carbocycles. The van der Waals surface area contributed by atoms with Crippen molar-refractivity contribution in [2.75, 3.05) is 6.54 Å². The van der Waals surface area contributed by atoms with E-state index in [2.05, 4.69) is 22.0 Å². The molecule has 1 N–H and O–H groups in total. The summed E-state index contributed by atoms with van der Waals surface area (Å²) in [6, 6.07) is -0.0202. The number of H-pyrrole nitrogens is 1. The number of piperidine rings is 1. The lowest BCUT2D eigenvalue weighted by Gasteiger charge is -2.31. The van der Waals surface area contributed by atoms with Gasteiger partial charge >= 0.3 is 6.09 Å². The summed E-state index contributed by atoms with van der Waals surface area (Å²) in [6.45, 7) is 2.49. The van der Waals surface area contributed by atoms with Gasteiger partial charge in [0, 0.05) is 6.54 Å². The van der Waals surface area contributed by atoms with Gasteiger partial charge in [0.15, 0.2) is 5.75 Å². The Kier molecular flexibility index (Phi) is 3.66. The van der Waals surface area contributed by atoms with Crippen LogP contribution in [0.25, 0.3) is 0 Å². The van der Waals surface area contributed by atoms with Crippen LogP contribution in [-0.4, -0.2) is 33.8 Å². The van der Waals surface area contributed by atoms with Gasteiger partial charge in [-0.05, 0) is 26.2 Å². The Hall–Kier alpha value is -1.96.